The van der Waals surface area contributed by atoms with Crippen LogP contribution in [0.2, 0.25) is 0 Å². The molecule has 1 aliphatic heterocycles. The van der Waals surface area contributed by atoms with Crippen molar-refractivity contribution < 1.29 is 4.74 Å². The van der Waals surface area contributed by atoms with Crippen LogP contribution < -0.4 is 15.7 Å². The van der Waals surface area contributed by atoms with Gasteiger partial charge in [0.2, 0.25) is 5.96 Å². The molecule has 1 aliphatic rings. The number of nitrogens with one attached hydrogen (secondary N) is 2. The number of H-pyrrole nitrogens is 1. The fourth-order valence-electron chi connectivity index (χ4n) is 1.96. The first-order valence-corrected chi connectivity index (χ1v) is 5.37. The summed E-state index contributed by atoms with van der Waals surface area (Å²) in [5.41, 5.74) is 1.34. The van der Waals surface area contributed by atoms with E-state index in [1.165, 1.54) is 0 Å². The number of hydrogen-bond acceptors (Lipinski definition) is 4. The Labute approximate surface area is 96.9 Å². The second kappa shape index (κ2) is 3.65. The Bertz CT molecular complexity index is 653. The maximum Gasteiger partial charge on any atom is 0.333 e. The number of rotatable bonds is 1. The monoisotopic (exact) mass is 232 g/mol. The summed E-state index contributed by atoms with van der Waals surface area (Å²) in [6.45, 7) is 1.47. The zero-order valence-electron chi connectivity index (χ0n) is 9.36. The molecule has 0 radical (unpaired) electrons. The Morgan fingerprint density at radius 3 is 3.06 bits per heavy atom. The van der Waals surface area contributed by atoms with E-state index in [0.29, 0.717) is 18.3 Å². The molecule has 1 aromatic carbocycles. The summed E-state index contributed by atoms with van der Waals surface area (Å²) < 4.78 is 6.66. The molecule has 0 bridgehead atoms. The minimum Gasteiger partial charge on any atom is -0.497 e. The number of aliphatic imine (C=N–C) groups is 1. The molecule has 17 heavy (non-hydrogen) atoms. The van der Waals surface area contributed by atoms with E-state index in [2.05, 4.69) is 15.3 Å². The highest BCUT2D eigenvalue weighted by Crippen LogP contribution is 2.17. The Morgan fingerprint density at radius 2 is 2.35 bits per heavy atom. The fourth-order valence-corrected chi connectivity index (χ4v) is 1.96. The number of nitrogens with zero attached hydrogens (tertiary/aromatic N) is 2. The highest BCUT2D eigenvalue weighted by molar-refractivity contribution is 5.93. The predicted octanol–water partition coefficient (Wildman–Crippen LogP) is 0.145. The Morgan fingerprint density at radius 1 is 1.47 bits per heavy atom. The normalized spacial score (nSPS) is 14.8. The fraction of sp³-hybridized carbons (Fsp3) is 0.273. The van der Waals surface area contributed by atoms with E-state index < -0.39 is 0 Å². The second-order valence-corrected chi connectivity index (χ2v) is 3.78. The van der Waals surface area contributed by atoms with Gasteiger partial charge in [0.05, 0.1) is 24.7 Å². The summed E-state index contributed by atoms with van der Waals surface area (Å²) >= 11 is 0. The SMILES string of the molecule is COc1ccc2c(c1)[nH]c(=O)n2C1=NCCN1. The van der Waals surface area contributed by atoms with E-state index in [9.17, 15) is 4.79 Å². The van der Waals surface area contributed by atoms with E-state index in [0.717, 1.165) is 17.6 Å². The predicted molar refractivity (Wildman–Crippen MR) is 64.8 cm³/mol. The van der Waals surface area contributed by atoms with Gasteiger partial charge in [-0.1, -0.05) is 0 Å². The molecule has 2 N–H and O–H groups in total. The van der Waals surface area contributed by atoms with Gasteiger partial charge in [-0.2, -0.15) is 0 Å². The second-order valence-electron chi connectivity index (χ2n) is 3.78. The largest absolute Gasteiger partial charge is 0.497 e. The van der Waals surface area contributed by atoms with E-state index in [1.54, 1.807) is 17.7 Å². The van der Waals surface area contributed by atoms with Crippen LogP contribution in [0.5, 0.6) is 5.75 Å². The lowest BCUT2D eigenvalue weighted by Crippen LogP contribution is -2.33. The van der Waals surface area contributed by atoms with Crippen LogP contribution in [0.1, 0.15) is 0 Å². The molecule has 0 atom stereocenters. The molecule has 88 valence electrons. The number of aromatic nitrogens is 2. The molecule has 0 spiro atoms. The molecule has 0 saturated carbocycles. The summed E-state index contributed by atoms with van der Waals surface area (Å²) in [5, 5.41) is 3.08. The number of methoxy groups -OCH3 is 1. The lowest BCUT2D eigenvalue weighted by atomic mass is 10.3. The molecule has 1 aromatic heterocycles. The van der Waals surface area contributed by atoms with Crippen molar-refractivity contribution in [2.24, 2.45) is 4.99 Å². The van der Waals surface area contributed by atoms with Crippen molar-refractivity contribution in [1.82, 2.24) is 14.9 Å². The Hall–Kier alpha value is -2.24. The van der Waals surface area contributed by atoms with Crippen LogP contribution >= 0.6 is 0 Å². The number of fused-ring (bicyclic) bond motifs is 1. The van der Waals surface area contributed by atoms with Crippen molar-refractivity contribution in [3.8, 4) is 5.75 Å². The topological polar surface area (TPSA) is 71.4 Å². The van der Waals surface area contributed by atoms with Crippen LogP contribution in [0, 0.1) is 0 Å². The minimum absolute atomic E-state index is 0.193. The van der Waals surface area contributed by atoms with Crippen LogP contribution in [0.15, 0.2) is 28.0 Å². The molecule has 0 aliphatic carbocycles. The third-order valence-electron chi connectivity index (χ3n) is 2.76. The van der Waals surface area contributed by atoms with Crippen LogP contribution in [0.4, 0.5) is 0 Å². The smallest absolute Gasteiger partial charge is 0.333 e. The van der Waals surface area contributed by atoms with Crippen LogP contribution in [0.3, 0.4) is 0 Å². The molecular weight excluding hydrogens is 220 g/mol. The lowest BCUT2D eigenvalue weighted by Gasteiger charge is -2.03. The van der Waals surface area contributed by atoms with Gasteiger partial charge in [-0.25, -0.2) is 9.36 Å². The highest BCUT2D eigenvalue weighted by atomic mass is 16.5. The van der Waals surface area contributed by atoms with Crippen LogP contribution in [-0.2, 0) is 0 Å². The van der Waals surface area contributed by atoms with Gasteiger partial charge in [-0.05, 0) is 12.1 Å². The van der Waals surface area contributed by atoms with Crippen molar-refractivity contribution in [3.63, 3.8) is 0 Å². The third-order valence-corrected chi connectivity index (χ3v) is 2.76. The summed E-state index contributed by atoms with van der Waals surface area (Å²) in [6.07, 6.45) is 0. The average Bonchev–Trinajstić information content (AvgIpc) is 2.93. The molecule has 0 fully saturated rings. The number of ether oxygens (including phenoxy) is 1. The van der Waals surface area contributed by atoms with Gasteiger partial charge in [0.1, 0.15) is 5.75 Å². The standard InChI is InChI=1S/C11H12N4O2/c1-17-7-2-3-9-8(6-7)14-11(16)15(9)10-12-4-5-13-10/h2-3,6H,4-5H2,1H3,(H,12,13)(H,14,16). The quantitative estimate of drug-likeness (QED) is 0.735. The summed E-state index contributed by atoms with van der Waals surface area (Å²) in [6, 6.07) is 5.46. The van der Waals surface area contributed by atoms with Crippen LogP contribution in [-0.4, -0.2) is 35.7 Å². The molecule has 3 rings (SSSR count). The molecule has 0 saturated heterocycles. The van der Waals surface area contributed by atoms with Gasteiger partial charge in [-0.3, -0.25) is 4.99 Å². The Balaban J connectivity index is 2.24. The molecule has 0 amide bonds. The Kier molecular flexibility index (Phi) is 2.14. The molecule has 0 unspecified atom stereocenters. The molecule has 2 aromatic rings. The first kappa shape index (κ1) is 9.95. The lowest BCUT2D eigenvalue weighted by molar-refractivity contribution is 0.415. The van der Waals surface area contributed by atoms with Gasteiger partial charge in [0.15, 0.2) is 0 Å². The van der Waals surface area contributed by atoms with Crippen molar-refractivity contribution >= 4 is 17.0 Å². The van der Waals surface area contributed by atoms with Gasteiger partial charge < -0.3 is 15.0 Å². The highest BCUT2D eigenvalue weighted by Gasteiger charge is 2.14. The maximum atomic E-state index is 11.9. The summed E-state index contributed by atoms with van der Waals surface area (Å²) in [4.78, 5) is 18.9. The van der Waals surface area contributed by atoms with Crippen molar-refractivity contribution in [3.05, 3.63) is 28.7 Å². The van der Waals surface area contributed by atoms with Crippen molar-refractivity contribution in [2.75, 3.05) is 20.2 Å². The summed E-state index contributed by atoms with van der Waals surface area (Å²) in [5.74, 6) is 1.32. The molecule has 2 heterocycles. The number of aromatic amines is 1. The van der Waals surface area contributed by atoms with E-state index in [-0.39, 0.29) is 5.69 Å². The van der Waals surface area contributed by atoms with Crippen molar-refractivity contribution in [1.29, 1.82) is 0 Å². The summed E-state index contributed by atoms with van der Waals surface area (Å²) in [7, 11) is 1.60. The first-order valence-electron chi connectivity index (χ1n) is 5.37. The van der Waals surface area contributed by atoms with Gasteiger partial charge >= 0.3 is 5.69 Å². The van der Waals surface area contributed by atoms with Gasteiger partial charge in [0.25, 0.3) is 0 Å². The number of hydrogen-bond donors (Lipinski definition) is 2. The number of benzene rings is 1. The number of imidazole rings is 1. The first-order chi connectivity index (χ1) is 8.29. The van der Waals surface area contributed by atoms with E-state index >= 15 is 0 Å². The van der Waals surface area contributed by atoms with Gasteiger partial charge in [-0.15, -0.1) is 0 Å². The van der Waals surface area contributed by atoms with Crippen molar-refractivity contribution in [2.45, 2.75) is 0 Å². The van der Waals surface area contributed by atoms with E-state index in [1.807, 2.05) is 12.1 Å². The molecular formula is C11H12N4O2. The molecule has 6 nitrogen and oxygen atoms in total. The maximum absolute atomic E-state index is 11.9. The zero-order chi connectivity index (χ0) is 11.8. The van der Waals surface area contributed by atoms with Crippen LogP contribution in [0.25, 0.3) is 11.0 Å². The average molecular weight is 232 g/mol. The van der Waals surface area contributed by atoms with Gasteiger partial charge in [0, 0.05) is 12.6 Å². The van der Waals surface area contributed by atoms with E-state index in [4.69, 9.17) is 4.74 Å². The minimum atomic E-state index is -0.193. The molecule has 6 heteroatoms. The third kappa shape index (κ3) is 1.49. The zero-order valence-corrected chi connectivity index (χ0v) is 9.36.